The van der Waals surface area contributed by atoms with Crippen molar-refractivity contribution in [2.24, 2.45) is 0 Å². The number of hydrogen-bond donors (Lipinski definition) is 1. The number of nitrogens with one attached hydrogen (secondary N) is 1. The lowest BCUT2D eigenvalue weighted by Gasteiger charge is -2.11. The van der Waals surface area contributed by atoms with E-state index < -0.39 is 0 Å². The number of aromatic amines is 1. The molecule has 1 aliphatic rings. The van der Waals surface area contributed by atoms with Gasteiger partial charge in [-0.2, -0.15) is 0 Å². The topological polar surface area (TPSA) is 15.8 Å². The van der Waals surface area contributed by atoms with Crippen LogP contribution < -0.4 is 0 Å². The fourth-order valence-electron chi connectivity index (χ4n) is 2.21. The maximum atomic E-state index is 3.36. The van der Waals surface area contributed by atoms with Gasteiger partial charge in [-0.15, -0.1) is 0 Å². The minimum absolute atomic E-state index is 1.25. The lowest BCUT2D eigenvalue weighted by molar-refractivity contribution is 0.643. The van der Waals surface area contributed by atoms with Crippen LogP contribution in [-0.2, 0) is 0 Å². The molecule has 0 unspecified atom stereocenters. The van der Waals surface area contributed by atoms with Crippen LogP contribution in [0, 0.1) is 6.92 Å². The molecule has 0 amide bonds. The molecule has 0 aromatic carbocycles. The van der Waals surface area contributed by atoms with Gasteiger partial charge in [-0.1, -0.05) is 18.9 Å². The molecule has 0 bridgehead atoms. The number of rotatable bonds is 1. The Morgan fingerprint density at radius 2 is 2.00 bits per heavy atom. The molecule has 0 saturated heterocycles. The highest BCUT2D eigenvalue weighted by Gasteiger charge is 2.07. The molecule has 0 spiro atoms. The largest absolute Gasteiger partial charge is 0.361 e. The summed E-state index contributed by atoms with van der Waals surface area (Å²) in [5.41, 5.74) is 4.29. The first kappa shape index (κ1) is 9.57. The van der Waals surface area contributed by atoms with Crippen LogP contribution in [0.15, 0.2) is 18.3 Å². The smallest absolute Gasteiger partial charge is 0.0439 e. The van der Waals surface area contributed by atoms with E-state index in [1.165, 1.54) is 55.4 Å². The average Bonchev–Trinajstić information content (AvgIpc) is 2.51. The van der Waals surface area contributed by atoms with E-state index in [0.29, 0.717) is 0 Å². The highest BCUT2D eigenvalue weighted by molar-refractivity contribution is 5.65. The fraction of sp³-hybridized carbons (Fsp3) is 0.538. The summed E-state index contributed by atoms with van der Waals surface area (Å²) >= 11 is 0. The Bertz CT molecular complexity index is 320. The van der Waals surface area contributed by atoms with Gasteiger partial charge in [-0.3, -0.25) is 0 Å². The van der Waals surface area contributed by atoms with Gasteiger partial charge in [0.05, 0.1) is 0 Å². The number of H-pyrrole nitrogens is 1. The molecular weight excluding hydrogens is 170 g/mol. The highest BCUT2D eigenvalue weighted by Crippen LogP contribution is 2.26. The molecule has 0 aliphatic heterocycles. The predicted molar refractivity (Wildman–Crippen MR) is 61.2 cm³/mol. The molecule has 1 heteroatoms. The molecule has 0 radical (unpaired) electrons. The van der Waals surface area contributed by atoms with E-state index >= 15 is 0 Å². The second-order valence-corrected chi connectivity index (χ2v) is 4.22. The van der Waals surface area contributed by atoms with Crippen LogP contribution in [-0.4, -0.2) is 4.98 Å². The van der Waals surface area contributed by atoms with Crippen molar-refractivity contribution >= 4 is 5.57 Å². The van der Waals surface area contributed by atoms with Crippen molar-refractivity contribution < 1.29 is 0 Å². The summed E-state index contributed by atoms with van der Waals surface area (Å²) in [6.45, 7) is 2.19. The normalized spacial score (nSPS) is 22.2. The Morgan fingerprint density at radius 3 is 2.79 bits per heavy atom. The van der Waals surface area contributed by atoms with E-state index in [9.17, 15) is 0 Å². The molecule has 1 aliphatic carbocycles. The summed E-state index contributed by atoms with van der Waals surface area (Å²) in [6, 6.07) is 2.16. The summed E-state index contributed by atoms with van der Waals surface area (Å²) in [4.78, 5) is 3.36. The summed E-state index contributed by atoms with van der Waals surface area (Å²) in [5, 5.41) is 0. The van der Waals surface area contributed by atoms with Gasteiger partial charge in [0.1, 0.15) is 0 Å². The zero-order chi connectivity index (χ0) is 9.80. The first-order valence-corrected chi connectivity index (χ1v) is 5.71. The number of aryl methyl sites for hydroxylation is 1. The van der Waals surface area contributed by atoms with Crippen LogP contribution in [0.4, 0.5) is 0 Å². The van der Waals surface area contributed by atoms with E-state index in [0.717, 1.165) is 0 Å². The summed E-state index contributed by atoms with van der Waals surface area (Å²) in [5.74, 6) is 0. The van der Waals surface area contributed by atoms with Crippen molar-refractivity contribution in [2.45, 2.75) is 45.4 Å². The van der Waals surface area contributed by atoms with Gasteiger partial charge in [0, 0.05) is 11.9 Å². The third-order valence-corrected chi connectivity index (χ3v) is 3.07. The summed E-state index contributed by atoms with van der Waals surface area (Å²) in [6.07, 6.45) is 12.5. The lowest BCUT2D eigenvalue weighted by Crippen LogP contribution is -1.92. The Hall–Kier alpha value is -0.980. The zero-order valence-corrected chi connectivity index (χ0v) is 8.97. The van der Waals surface area contributed by atoms with Gasteiger partial charge in [0.25, 0.3) is 0 Å². The van der Waals surface area contributed by atoms with Gasteiger partial charge in [0.15, 0.2) is 0 Å². The van der Waals surface area contributed by atoms with Crippen LogP contribution >= 0.6 is 0 Å². The molecule has 1 heterocycles. The highest BCUT2D eigenvalue weighted by atomic mass is 14.7. The number of allylic oxidation sites excluding steroid dienone is 2. The zero-order valence-electron chi connectivity index (χ0n) is 8.97. The molecule has 14 heavy (non-hydrogen) atoms. The third kappa shape index (κ3) is 2.09. The van der Waals surface area contributed by atoms with Gasteiger partial charge >= 0.3 is 0 Å². The minimum atomic E-state index is 1.25. The Balaban J connectivity index is 2.19. The monoisotopic (exact) mass is 189 g/mol. The van der Waals surface area contributed by atoms with Crippen LogP contribution in [0.1, 0.15) is 49.8 Å². The molecule has 0 atom stereocenters. The van der Waals surface area contributed by atoms with Crippen LogP contribution in [0.25, 0.3) is 5.57 Å². The van der Waals surface area contributed by atoms with Gasteiger partial charge in [-0.05, 0) is 49.8 Å². The fourth-order valence-corrected chi connectivity index (χ4v) is 2.21. The lowest BCUT2D eigenvalue weighted by atomic mass is 9.97. The Labute approximate surface area is 86.2 Å². The second-order valence-electron chi connectivity index (χ2n) is 4.22. The van der Waals surface area contributed by atoms with E-state index in [4.69, 9.17) is 0 Å². The quantitative estimate of drug-likeness (QED) is 0.685. The van der Waals surface area contributed by atoms with Crippen molar-refractivity contribution in [3.05, 3.63) is 29.6 Å². The van der Waals surface area contributed by atoms with Crippen LogP contribution in [0.3, 0.4) is 0 Å². The molecule has 1 aromatic heterocycles. The van der Waals surface area contributed by atoms with E-state index in [1.54, 1.807) is 0 Å². The van der Waals surface area contributed by atoms with Crippen LogP contribution in [0.5, 0.6) is 0 Å². The number of hydrogen-bond acceptors (Lipinski definition) is 0. The van der Waals surface area contributed by atoms with E-state index in [-0.39, 0.29) is 0 Å². The van der Waals surface area contributed by atoms with Crippen LogP contribution in [0.2, 0.25) is 0 Å². The third-order valence-electron chi connectivity index (χ3n) is 3.07. The van der Waals surface area contributed by atoms with Gasteiger partial charge in [-0.25, -0.2) is 0 Å². The molecular formula is C13H19N. The van der Waals surface area contributed by atoms with Crippen molar-refractivity contribution in [3.63, 3.8) is 0 Å². The van der Waals surface area contributed by atoms with Crippen molar-refractivity contribution in [3.8, 4) is 0 Å². The first-order chi connectivity index (χ1) is 6.88. The second kappa shape index (κ2) is 4.50. The predicted octanol–water partition coefficient (Wildman–Crippen LogP) is 4.06. The van der Waals surface area contributed by atoms with Crippen molar-refractivity contribution in [1.82, 2.24) is 4.98 Å². The van der Waals surface area contributed by atoms with Gasteiger partial charge < -0.3 is 4.98 Å². The average molecular weight is 189 g/mol. The standard InChI is InChI=1S/C13H19N/c1-11-9-10-14-13(11)12-7-5-3-2-4-6-8-12/h7,9-10,14H,2-6,8H2,1H3/b12-7+. The maximum Gasteiger partial charge on any atom is 0.0439 e. The summed E-state index contributed by atoms with van der Waals surface area (Å²) in [7, 11) is 0. The number of aromatic nitrogens is 1. The van der Waals surface area contributed by atoms with Crippen molar-refractivity contribution in [2.75, 3.05) is 0 Å². The maximum absolute atomic E-state index is 3.36. The summed E-state index contributed by atoms with van der Waals surface area (Å²) < 4.78 is 0. The molecule has 1 N–H and O–H groups in total. The molecule has 76 valence electrons. The minimum Gasteiger partial charge on any atom is -0.361 e. The van der Waals surface area contributed by atoms with E-state index in [1.807, 2.05) is 6.20 Å². The Morgan fingerprint density at radius 1 is 1.14 bits per heavy atom. The van der Waals surface area contributed by atoms with E-state index in [2.05, 4.69) is 24.1 Å². The SMILES string of the molecule is Cc1cc[nH]c1/C1=C/CCCCCC1. The molecule has 1 nitrogen and oxygen atoms in total. The Kier molecular flexibility index (Phi) is 3.07. The molecule has 0 saturated carbocycles. The van der Waals surface area contributed by atoms with Crippen molar-refractivity contribution in [1.29, 1.82) is 0 Å². The molecule has 1 aromatic rings. The molecule has 0 fully saturated rings. The van der Waals surface area contributed by atoms with Gasteiger partial charge in [0.2, 0.25) is 0 Å². The molecule has 2 rings (SSSR count). The first-order valence-electron chi connectivity index (χ1n) is 5.71.